The van der Waals surface area contributed by atoms with Crippen molar-refractivity contribution in [3.05, 3.63) is 0 Å². The molecule has 1 spiro atoms. The third-order valence-corrected chi connectivity index (χ3v) is 3.68. The maximum atomic E-state index is 11.2. The van der Waals surface area contributed by atoms with E-state index in [0.717, 1.165) is 38.8 Å². The van der Waals surface area contributed by atoms with Gasteiger partial charge in [0.05, 0.1) is 6.61 Å². The molecule has 1 saturated carbocycles. The van der Waals surface area contributed by atoms with E-state index in [4.69, 9.17) is 10.5 Å². The van der Waals surface area contributed by atoms with E-state index in [-0.39, 0.29) is 17.0 Å². The number of primary amides is 1. The Kier molecular flexibility index (Phi) is 2.27. The van der Waals surface area contributed by atoms with E-state index in [1.807, 2.05) is 6.92 Å². The highest BCUT2D eigenvalue weighted by atomic mass is 16.5. The quantitative estimate of drug-likeness (QED) is 0.639. The van der Waals surface area contributed by atoms with E-state index in [2.05, 4.69) is 5.32 Å². The number of hydrogen-bond donors (Lipinski definition) is 2. The van der Waals surface area contributed by atoms with Crippen LogP contribution in [0.1, 0.15) is 32.6 Å². The van der Waals surface area contributed by atoms with Crippen LogP contribution in [0.3, 0.4) is 0 Å². The first kappa shape index (κ1) is 9.93. The third-order valence-electron chi connectivity index (χ3n) is 3.68. The molecule has 4 heteroatoms. The maximum absolute atomic E-state index is 11.2. The summed E-state index contributed by atoms with van der Waals surface area (Å²) in [6.07, 6.45) is 3.45. The van der Waals surface area contributed by atoms with Crippen LogP contribution in [0.25, 0.3) is 0 Å². The monoisotopic (exact) mass is 198 g/mol. The largest absolute Gasteiger partial charge is 0.369 e. The van der Waals surface area contributed by atoms with Gasteiger partial charge in [-0.1, -0.05) is 6.92 Å². The van der Waals surface area contributed by atoms with Gasteiger partial charge in [-0.15, -0.1) is 0 Å². The first-order chi connectivity index (χ1) is 6.56. The second-order valence-electron chi connectivity index (χ2n) is 4.69. The van der Waals surface area contributed by atoms with Crippen LogP contribution in [-0.4, -0.2) is 24.8 Å². The van der Waals surface area contributed by atoms with Gasteiger partial charge in [-0.25, -0.2) is 0 Å². The molecule has 1 aliphatic heterocycles. The predicted molar refractivity (Wildman–Crippen MR) is 52.5 cm³/mol. The molecule has 2 rings (SSSR count). The van der Waals surface area contributed by atoms with Crippen LogP contribution >= 0.6 is 0 Å². The summed E-state index contributed by atoms with van der Waals surface area (Å²) in [5.74, 6) is -0.176. The van der Waals surface area contributed by atoms with Crippen molar-refractivity contribution in [2.75, 3.05) is 13.2 Å². The van der Waals surface area contributed by atoms with Crippen LogP contribution < -0.4 is 11.1 Å². The van der Waals surface area contributed by atoms with E-state index < -0.39 is 0 Å². The van der Waals surface area contributed by atoms with Gasteiger partial charge >= 0.3 is 0 Å². The predicted octanol–water partition coefficient (Wildman–Crippen LogP) is 0.368. The first-order valence-electron chi connectivity index (χ1n) is 5.25. The summed E-state index contributed by atoms with van der Waals surface area (Å²) in [5, 5.41) is 3.37. The Labute approximate surface area is 84.2 Å². The van der Waals surface area contributed by atoms with Gasteiger partial charge in [-0.05, 0) is 25.7 Å². The lowest BCUT2D eigenvalue weighted by Gasteiger charge is -2.40. The number of carbonyl (C=O) groups is 1. The topological polar surface area (TPSA) is 64.4 Å². The molecular formula is C10H18N2O2. The minimum Gasteiger partial charge on any atom is -0.369 e. The highest BCUT2D eigenvalue weighted by molar-refractivity contribution is 5.80. The summed E-state index contributed by atoms with van der Waals surface area (Å²) < 4.78 is 5.69. The number of rotatable bonds is 1. The molecule has 80 valence electrons. The Balaban J connectivity index is 2.01. The van der Waals surface area contributed by atoms with Crippen molar-refractivity contribution in [2.45, 2.75) is 38.3 Å². The summed E-state index contributed by atoms with van der Waals surface area (Å²) >= 11 is 0. The van der Waals surface area contributed by atoms with E-state index in [0.29, 0.717) is 0 Å². The van der Waals surface area contributed by atoms with E-state index in [1.165, 1.54) is 0 Å². The second-order valence-corrected chi connectivity index (χ2v) is 4.69. The lowest BCUT2D eigenvalue weighted by atomic mass is 9.72. The normalized spacial score (nSPS) is 42.9. The zero-order valence-corrected chi connectivity index (χ0v) is 8.64. The molecule has 0 unspecified atom stereocenters. The van der Waals surface area contributed by atoms with Gasteiger partial charge in [-0.2, -0.15) is 0 Å². The lowest BCUT2D eigenvalue weighted by Crippen LogP contribution is -2.49. The van der Waals surface area contributed by atoms with Gasteiger partial charge in [0.25, 0.3) is 0 Å². The molecule has 0 atom stereocenters. The fourth-order valence-corrected chi connectivity index (χ4v) is 2.35. The zero-order valence-electron chi connectivity index (χ0n) is 8.64. The highest BCUT2D eigenvalue weighted by Gasteiger charge is 2.45. The molecule has 0 aromatic carbocycles. The molecule has 2 fully saturated rings. The Morgan fingerprint density at radius 1 is 1.36 bits per heavy atom. The number of ether oxygens (including phenoxy) is 1. The maximum Gasteiger partial charge on any atom is 0.223 e. The molecule has 1 heterocycles. The van der Waals surface area contributed by atoms with Crippen LogP contribution in [0.4, 0.5) is 0 Å². The molecular weight excluding hydrogens is 180 g/mol. The van der Waals surface area contributed by atoms with Gasteiger partial charge in [0, 0.05) is 12.0 Å². The third kappa shape index (κ3) is 1.53. The van der Waals surface area contributed by atoms with Crippen LogP contribution in [0, 0.1) is 5.41 Å². The van der Waals surface area contributed by atoms with Gasteiger partial charge < -0.3 is 10.5 Å². The number of carbonyl (C=O) groups excluding carboxylic acids is 1. The molecule has 4 nitrogen and oxygen atoms in total. The molecule has 0 radical (unpaired) electrons. The van der Waals surface area contributed by atoms with Crippen LogP contribution in [0.2, 0.25) is 0 Å². The smallest absolute Gasteiger partial charge is 0.223 e. The molecule has 2 aliphatic rings. The molecule has 1 aliphatic carbocycles. The molecule has 0 aromatic rings. The molecule has 1 saturated heterocycles. The fourth-order valence-electron chi connectivity index (χ4n) is 2.35. The second kappa shape index (κ2) is 3.21. The van der Waals surface area contributed by atoms with Gasteiger partial charge in [0.15, 0.2) is 0 Å². The Bertz CT molecular complexity index is 237. The van der Waals surface area contributed by atoms with Crippen molar-refractivity contribution in [3.8, 4) is 0 Å². The highest BCUT2D eigenvalue weighted by Crippen LogP contribution is 2.41. The fraction of sp³-hybridized carbons (Fsp3) is 0.900. The summed E-state index contributed by atoms with van der Waals surface area (Å²) in [6, 6.07) is 0. The van der Waals surface area contributed by atoms with Crippen molar-refractivity contribution >= 4 is 5.91 Å². The number of nitrogens with one attached hydrogen (secondary N) is 1. The van der Waals surface area contributed by atoms with E-state index in [9.17, 15) is 4.79 Å². The van der Waals surface area contributed by atoms with Crippen molar-refractivity contribution < 1.29 is 9.53 Å². The minimum atomic E-state index is -0.321. The lowest BCUT2D eigenvalue weighted by molar-refractivity contribution is -0.133. The SMILES string of the molecule is CC1(C(N)=O)CCC2(CC1)NCCO2. The molecule has 1 amide bonds. The Morgan fingerprint density at radius 2 is 2.00 bits per heavy atom. The Hall–Kier alpha value is -0.610. The summed E-state index contributed by atoms with van der Waals surface area (Å²) in [6.45, 7) is 3.66. The van der Waals surface area contributed by atoms with Gasteiger partial charge in [0.1, 0.15) is 5.72 Å². The van der Waals surface area contributed by atoms with E-state index >= 15 is 0 Å². The number of nitrogens with two attached hydrogens (primary N) is 1. The van der Waals surface area contributed by atoms with Crippen LogP contribution in [0.15, 0.2) is 0 Å². The number of amides is 1. The average molecular weight is 198 g/mol. The van der Waals surface area contributed by atoms with Crippen molar-refractivity contribution in [1.29, 1.82) is 0 Å². The van der Waals surface area contributed by atoms with Crippen molar-refractivity contribution in [1.82, 2.24) is 5.32 Å². The first-order valence-corrected chi connectivity index (χ1v) is 5.25. The molecule has 0 aromatic heterocycles. The number of hydrogen-bond acceptors (Lipinski definition) is 3. The Morgan fingerprint density at radius 3 is 2.43 bits per heavy atom. The van der Waals surface area contributed by atoms with Gasteiger partial charge in [0.2, 0.25) is 5.91 Å². The summed E-state index contributed by atoms with van der Waals surface area (Å²) in [7, 11) is 0. The zero-order chi connectivity index (χ0) is 10.2. The summed E-state index contributed by atoms with van der Waals surface area (Å²) in [5.41, 5.74) is 4.92. The van der Waals surface area contributed by atoms with Crippen molar-refractivity contribution in [2.24, 2.45) is 11.1 Å². The van der Waals surface area contributed by atoms with Crippen LogP contribution in [-0.2, 0) is 9.53 Å². The standard InChI is InChI=1S/C10H18N2O2/c1-9(8(11)13)2-4-10(5-3-9)12-6-7-14-10/h12H,2-7H2,1H3,(H2,11,13). The van der Waals surface area contributed by atoms with Crippen molar-refractivity contribution in [3.63, 3.8) is 0 Å². The molecule has 14 heavy (non-hydrogen) atoms. The van der Waals surface area contributed by atoms with Crippen LogP contribution in [0.5, 0.6) is 0 Å². The van der Waals surface area contributed by atoms with Gasteiger partial charge in [-0.3, -0.25) is 10.1 Å². The molecule has 0 bridgehead atoms. The summed E-state index contributed by atoms with van der Waals surface area (Å²) in [4.78, 5) is 11.2. The average Bonchev–Trinajstić information content (AvgIpc) is 2.60. The molecule has 3 N–H and O–H groups in total. The van der Waals surface area contributed by atoms with E-state index in [1.54, 1.807) is 0 Å². The minimum absolute atomic E-state index is 0.144.